The number of nitrogens with zero attached hydrogens (tertiary/aromatic N) is 3. The Morgan fingerprint density at radius 3 is 2.94 bits per heavy atom. The maximum atomic E-state index is 4.36. The van der Waals surface area contributed by atoms with Gasteiger partial charge in [-0.05, 0) is 47.1 Å². The quantitative estimate of drug-likeness (QED) is 0.834. The van der Waals surface area contributed by atoms with Crippen LogP contribution in [0.1, 0.15) is 24.7 Å². The van der Waals surface area contributed by atoms with Gasteiger partial charge in [0.25, 0.3) is 0 Å². The number of halogens is 1. The highest BCUT2D eigenvalue weighted by Crippen LogP contribution is 2.09. The third-order valence-electron chi connectivity index (χ3n) is 2.64. The van der Waals surface area contributed by atoms with Crippen LogP contribution in [0.3, 0.4) is 0 Å². The highest BCUT2D eigenvalue weighted by molar-refractivity contribution is 9.10. The molecule has 0 aromatic carbocycles. The number of pyridine rings is 1. The van der Waals surface area contributed by atoms with Gasteiger partial charge in [0, 0.05) is 23.4 Å². The van der Waals surface area contributed by atoms with Gasteiger partial charge < -0.3 is 5.32 Å². The van der Waals surface area contributed by atoms with Crippen molar-refractivity contribution < 1.29 is 0 Å². The Kier molecular flexibility index (Phi) is 4.90. The third-order valence-corrected chi connectivity index (χ3v) is 3.11. The van der Waals surface area contributed by atoms with Crippen LogP contribution >= 0.6 is 15.9 Å². The lowest BCUT2D eigenvalue weighted by atomic mass is 10.3. The molecule has 5 heteroatoms. The van der Waals surface area contributed by atoms with E-state index in [2.05, 4.69) is 38.3 Å². The second-order valence-electron chi connectivity index (χ2n) is 4.12. The molecule has 96 valence electrons. The summed E-state index contributed by atoms with van der Waals surface area (Å²) in [4.78, 5) is 4.36. The van der Waals surface area contributed by atoms with E-state index in [1.54, 1.807) is 0 Å². The van der Waals surface area contributed by atoms with E-state index in [4.69, 9.17) is 0 Å². The van der Waals surface area contributed by atoms with Gasteiger partial charge in [-0.1, -0.05) is 6.92 Å². The molecule has 18 heavy (non-hydrogen) atoms. The number of rotatable bonds is 6. The van der Waals surface area contributed by atoms with E-state index >= 15 is 0 Å². The maximum Gasteiger partial charge on any atom is 0.0835 e. The fourth-order valence-corrected chi connectivity index (χ4v) is 1.93. The molecular weight excluding hydrogens is 292 g/mol. The molecule has 0 radical (unpaired) electrons. The molecule has 2 rings (SSSR count). The van der Waals surface area contributed by atoms with E-state index in [-0.39, 0.29) is 0 Å². The van der Waals surface area contributed by atoms with Crippen LogP contribution in [0, 0.1) is 0 Å². The highest BCUT2D eigenvalue weighted by Gasteiger charge is 2.03. The van der Waals surface area contributed by atoms with Crippen molar-refractivity contribution in [1.29, 1.82) is 0 Å². The van der Waals surface area contributed by atoms with Gasteiger partial charge in [-0.25, -0.2) is 0 Å². The van der Waals surface area contributed by atoms with Crippen LogP contribution in [-0.4, -0.2) is 21.3 Å². The number of aromatic nitrogens is 3. The molecule has 0 fully saturated rings. The topological polar surface area (TPSA) is 42.7 Å². The van der Waals surface area contributed by atoms with Gasteiger partial charge in [0.15, 0.2) is 0 Å². The Labute approximate surface area is 116 Å². The lowest BCUT2D eigenvalue weighted by molar-refractivity contribution is 0.587. The summed E-state index contributed by atoms with van der Waals surface area (Å²) < 4.78 is 2.98. The summed E-state index contributed by atoms with van der Waals surface area (Å²) in [6.07, 6.45) is 4.79. The zero-order valence-electron chi connectivity index (χ0n) is 10.4. The smallest absolute Gasteiger partial charge is 0.0835 e. The van der Waals surface area contributed by atoms with E-state index in [0.29, 0.717) is 6.54 Å². The first-order valence-electron chi connectivity index (χ1n) is 6.11. The monoisotopic (exact) mass is 308 g/mol. The summed E-state index contributed by atoms with van der Waals surface area (Å²) in [7, 11) is 0. The van der Waals surface area contributed by atoms with Gasteiger partial charge in [0.1, 0.15) is 0 Å². The molecule has 0 aliphatic rings. The van der Waals surface area contributed by atoms with E-state index in [1.807, 2.05) is 35.3 Å². The molecule has 2 aromatic rings. The molecule has 2 heterocycles. The van der Waals surface area contributed by atoms with E-state index in [1.165, 1.54) is 5.69 Å². The van der Waals surface area contributed by atoms with E-state index in [9.17, 15) is 0 Å². The Bertz CT molecular complexity index is 478. The van der Waals surface area contributed by atoms with Crippen molar-refractivity contribution in [2.75, 3.05) is 6.54 Å². The van der Waals surface area contributed by atoms with Gasteiger partial charge in [-0.2, -0.15) is 5.10 Å². The Hall–Kier alpha value is -1.20. The minimum Gasteiger partial charge on any atom is -0.311 e. The van der Waals surface area contributed by atoms with Crippen molar-refractivity contribution in [3.05, 3.63) is 46.5 Å². The van der Waals surface area contributed by atoms with Crippen molar-refractivity contribution in [2.24, 2.45) is 0 Å². The highest BCUT2D eigenvalue weighted by atomic mass is 79.9. The molecule has 0 saturated heterocycles. The van der Waals surface area contributed by atoms with Crippen LogP contribution in [0.2, 0.25) is 0 Å². The average Bonchev–Trinajstić information content (AvgIpc) is 2.80. The second-order valence-corrected chi connectivity index (χ2v) is 5.04. The van der Waals surface area contributed by atoms with Crippen molar-refractivity contribution in [2.45, 2.75) is 26.4 Å². The van der Waals surface area contributed by atoms with E-state index < -0.39 is 0 Å². The standard InChI is InChI=1S/C13H17BrN4/c1-2-6-15-9-13-5-7-17-18(13)10-12-4-3-11(14)8-16-12/h3-5,7-8,15H,2,6,9-10H2,1H3. The van der Waals surface area contributed by atoms with Gasteiger partial charge in [0.05, 0.1) is 17.9 Å². The normalized spacial score (nSPS) is 10.8. The zero-order chi connectivity index (χ0) is 12.8. The van der Waals surface area contributed by atoms with Gasteiger partial charge in [-0.3, -0.25) is 9.67 Å². The number of nitrogens with one attached hydrogen (secondary N) is 1. The summed E-state index contributed by atoms with van der Waals surface area (Å²) in [5.41, 5.74) is 2.20. The Morgan fingerprint density at radius 1 is 1.33 bits per heavy atom. The van der Waals surface area contributed by atoms with Crippen molar-refractivity contribution in [3.8, 4) is 0 Å². The first-order valence-corrected chi connectivity index (χ1v) is 6.90. The SMILES string of the molecule is CCCNCc1ccnn1Cc1ccc(Br)cn1. The first-order chi connectivity index (χ1) is 8.79. The fourth-order valence-electron chi connectivity index (χ4n) is 1.70. The maximum absolute atomic E-state index is 4.36. The summed E-state index contributed by atoms with van der Waals surface area (Å²) in [5, 5.41) is 7.72. The minimum absolute atomic E-state index is 0.712. The zero-order valence-corrected chi connectivity index (χ0v) is 12.0. The van der Waals surface area contributed by atoms with Crippen LogP contribution in [0.4, 0.5) is 0 Å². The molecule has 0 bridgehead atoms. The van der Waals surface area contributed by atoms with Crippen LogP contribution in [-0.2, 0) is 13.1 Å². The van der Waals surface area contributed by atoms with E-state index in [0.717, 1.165) is 29.7 Å². The molecule has 4 nitrogen and oxygen atoms in total. The molecule has 0 unspecified atom stereocenters. The largest absolute Gasteiger partial charge is 0.311 e. The molecule has 0 atom stereocenters. The van der Waals surface area contributed by atoms with Crippen LogP contribution in [0.5, 0.6) is 0 Å². The predicted molar refractivity (Wildman–Crippen MR) is 75.3 cm³/mol. The first kappa shape index (κ1) is 13.2. The Morgan fingerprint density at radius 2 is 2.22 bits per heavy atom. The molecular formula is C13H17BrN4. The van der Waals surface area contributed by atoms with Gasteiger partial charge in [-0.15, -0.1) is 0 Å². The Balaban J connectivity index is 2.00. The predicted octanol–water partition coefficient (Wildman–Crippen LogP) is 2.59. The van der Waals surface area contributed by atoms with Crippen LogP contribution in [0.15, 0.2) is 35.1 Å². The molecule has 0 aliphatic carbocycles. The van der Waals surface area contributed by atoms with Crippen LogP contribution < -0.4 is 5.32 Å². The molecule has 0 amide bonds. The lowest BCUT2D eigenvalue weighted by Gasteiger charge is -2.08. The number of hydrogen-bond donors (Lipinski definition) is 1. The second kappa shape index (κ2) is 6.66. The summed E-state index contributed by atoms with van der Waals surface area (Å²) in [5.74, 6) is 0. The average molecular weight is 309 g/mol. The summed E-state index contributed by atoms with van der Waals surface area (Å²) in [6, 6.07) is 6.05. The van der Waals surface area contributed by atoms with Crippen molar-refractivity contribution in [1.82, 2.24) is 20.1 Å². The fraction of sp³-hybridized carbons (Fsp3) is 0.385. The molecule has 0 saturated carbocycles. The van der Waals surface area contributed by atoms with Gasteiger partial charge >= 0.3 is 0 Å². The summed E-state index contributed by atoms with van der Waals surface area (Å²) in [6.45, 7) is 4.76. The summed E-state index contributed by atoms with van der Waals surface area (Å²) >= 11 is 3.39. The molecule has 0 aliphatic heterocycles. The van der Waals surface area contributed by atoms with Crippen molar-refractivity contribution >= 4 is 15.9 Å². The molecule has 2 aromatic heterocycles. The van der Waals surface area contributed by atoms with Gasteiger partial charge in [0.2, 0.25) is 0 Å². The lowest BCUT2D eigenvalue weighted by Crippen LogP contribution is -2.18. The molecule has 1 N–H and O–H groups in total. The van der Waals surface area contributed by atoms with Crippen molar-refractivity contribution in [3.63, 3.8) is 0 Å². The van der Waals surface area contributed by atoms with Crippen LogP contribution in [0.25, 0.3) is 0 Å². The minimum atomic E-state index is 0.712. The molecule has 0 spiro atoms. The third kappa shape index (κ3) is 3.65. The number of hydrogen-bond acceptors (Lipinski definition) is 3.